The fourth-order valence-corrected chi connectivity index (χ4v) is 2.34. The van der Waals surface area contributed by atoms with Gasteiger partial charge in [0, 0.05) is 17.0 Å². The molecule has 0 fully saturated rings. The number of hydrogen-bond acceptors (Lipinski definition) is 1. The number of aromatic nitrogens is 1. The Morgan fingerprint density at radius 2 is 1.79 bits per heavy atom. The van der Waals surface area contributed by atoms with Crippen molar-refractivity contribution in [3.8, 4) is 11.1 Å². The third-order valence-electron chi connectivity index (χ3n) is 3.15. The van der Waals surface area contributed by atoms with E-state index in [-0.39, 0.29) is 5.56 Å². The average molecular weight is 270 g/mol. The molecule has 19 heavy (non-hydrogen) atoms. The van der Waals surface area contributed by atoms with Gasteiger partial charge in [0.1, 0.15) is 0 Å². The van der Waals surface area contributed by atoms with Crippen molar-refractivity contribution >= 4 is 22.5 Å². The molecule has 1 aromatic heterocycles. The van der Waals surface area contributed by atoms with Crippen LogP contribution in [-0.2, 0) is 5.88 Å². The minimum absolute atomic E-state index is 0.0719. The molecule has 1 N–H and O–H groups in total. The van der Waals surface area contributed by atoms with E-state index in [1.165, 1.54) is 0 Å². The topological polar surface area (TPSA) is 32.9 Å². The summed E-state index contributed by atoms with van der Waals surface area (Å²) < 4.78 is 0. The molecule has 3 heteroatoms. The summed E-state index contributed by atoms with van der Waals surface area (Å²) >= 11 is 5.84. The molecular formula is C16H12ClNO. The molecule has 0 bridgehead atoms. The molecule has 0 unspecified atom stereocenters. The SMILES string of the molecule is O=c1[nH]c2ccc(CCl)cc2cc1-c1ccccc1. The highest BCUT2D eigenvalue weighted by molar-refractivity contribution is 6.17. The maximum absolute atomic E-state index is 12.1. The third kappa shape index (κ3) is 2.27. The van der Waals surface area contributed by atoms with E-state index < -0.39 is 0 Å². The van der Waals surface area contributed by atoms with Gasteiger partial charge in [0.2, 0.25) is 0 Å². The number of nitrogens with one attached hydrogen (secondary N) is 1. The van der Waals surface area contributed by atoms with Gasteiger partial charge in [-0.05, 0) is 34.7 Å². The molecule has 0 aliphatic rings. The second kappa shape index (κ2) is 4.90. The predicted molar refractivity (Wildman–Crippen MR) is 79.6 cm³/mol. The molecule has 0 aliphatic heterocycles. The molecule has 3 aromatic rings. The number of fused-ring (bicyclic) bond motifs is 1. The highest BCUT2D eigenvalue weighted by Gasteiger charge is 2.05. The molecule has 0 saturated heterocycles. The lowest BCUT2D eigenvalue weighted by atomic mass is 10.0. The number of alkyl halides is 1. The maximum Gasteiger partial charge on any atom is 0.256 e. The number of rotatable bonds is 2. The fraction of sp³-hybridized carbons (Fsp3) is 0.0625. The van der Waals surface area contributed by atoms with Gasteiger partial charge < -0.3 is 4.98 Å². The van der Waals surface area contributed by atoms with E-state index in [9.17, 15) is 4.79 Å². The standard InChI is InChI=1S/C16H12ClNO/c17-10-11-6-7-15-13(8-11)9-14(16(19)18-15)12-4-2-1-3-5-12/h1-9H,10H2,(H,18,19). The molecule has 0 aliphatic carbocycles. The Morgan fingerprint density at radius 1 is 1.00 bits per heavy atom. The number of H-pyrrole nitrogens is 1. The molecule has 1 heterocycles. The Morgan fingerprint density at radius 3 is 2.53 bits per heavy atom. The molecule has 3 rings (SSSR count). The Kier molecular flexibility index (Phi) is 3.10. The van der Waals surface area contributed by atoms with Crippen LogP contribution in [0.4, 0.5) is 0 Å². The summed E-state index contributed by atoms with van der Waals surface area (Å²) in [4.78, 5) is 15.0. The first kappa shape index (κ1) is 12.0. The Hall–Kier alpha value is -2.06. The van der Waals surface area contributed by atoms with Crippen LogP contribution in [-0.4, -0.2) is 4.98 Å². The normalized spacial score (nSPS) is 10.8. The van der Waals surface area contributed by atoms with E-state index in [4.69, 9.17) is 11.6 Å². The highest BCUT2D eigenvalue weighted by atomic mass is 35.5. The van der Waals surface area contributed by atoms with Gasteiger partial charge in [-0.2, -0.15) is 0 Å². The van der Waals surface area contributed by atoms with Crippen molar-refractivity contribution in [2.45, 2.75) is 5.88 Å². The predicted octanol–water partition coefficient (Wildman–Crippen LogP) is 3.93. The summed E-state index contributed by atoms with van der Waals surface area (Å²) in [6.07, 6.45) is 0. The smallest absolute Gasteiger partial charge is 0.256 e. The van der Waals surface area contributed by atoms with Crippen molar-refractivity contribution in [1.29, 1.82) is 0 Å². The van der Waals surface area contributed by atoms with Gasteiger partial charge in [-0.25, -0.2) is 0 Å². The van der Waals surface area contributed by atoms with Gasteiger partial charge in [0.15, 0.2) is 0 Å². The molecule has 0 radical (unpaired) electrons. The van der Waals surface area contributed by atoms with Crippen molar-refractivity contribution in [3.05, 3.63) is 70.5 Å². The van der Waals surface area contributed by atoms with Crippen LogP contribution in [0.3, 0.4) is 0 Å². The van der Waals surface area contributed by atoms with E-state index in [0.29, 0.717) is 11.4 Å². The molecule has 94 valence electrons. The second-order valence-electron chi connectivity index (χ2n) is 4.43. The molecule has 0 atom stereocenters. The molecular weight excluding hydrogens is 258 g/mol. The van der Waals surface area contributed by atoms with Gasteiger partial charge in [-0.1, -0.05) is 36.4 Å². The molecule has 2 nitrogen and oxygen atoms in total. The van der Waals surface area contributed by atoms with Crippen LogP contribution in [0.5, 0.6) is 0 Å². The zero-order chi connectivity index (χ0) is 13.2. The zero-order valence-electron chi connectivity index (χ0n) is 10.2. The summed E-state index contributed by atoms with van der Waals surface area (Å²) in [6.45, 7) is 0. The third-order valence-corrected chi connectivity index (χ3v) is 3.46. The number of hydrogen-bond donors (Lipinski definition) is 1. The van der Waals surface area contributed by atoms with E-state index in [0.717, 1.165) is 22.0 Å². The maximum atomic E-state index is 12.1. The van der Waals surface area contributed by atoms with Crippen LogP contribution >= 0.6 is 11.6 Å². The fourth-order valence-electron chi connectivity index (χ4n) is 2.17. The van der Waals surface area contributed by atoms with Crippen molar-refractivity contribution < 1.29 is 0 Å². The average Bonchev–Trinajstić information content (AvgIpc) is 2.47. The van der Waals surface area contributed by atoms with Crippen molar-refractivity contribution in [1.82, 2.24) is 4.98 Å². The first-order valence-electron chi connectivity index (χ1n) is 6.05. The Labute approximate surface area is 115 Å². The number of halogens is 1. The zero-order valence-corrected chi connectivity index (χ0v) is 10.9. The van der Waals surface area contributed by atoms with Crippen LogP contribution in [0.1, 0.15) is 5.56 Å². The van der Waals surface area contributed by atoms with Crippen LogP contribution in [0.15, 0.2) is 59.4 Å². The Balaban J connectivity index is 2.26. The first-order valence-corrected chi connectivity index (χ1v) is 6.59. The van der Waals surface area contributed by atoms with Crippen molar-refractivity contribution in [3.63, 3.8) is 0 Å². The summed E-state index contributed by atoms with van der Waals surface area (Å²) in [7, 11) is 0. The first-order chi connectivity index (χ1) is 9.28. The minimum atomic E-state index is -0.0719. The van der Waals surface area contributed by atoms with E-state index in [1.54, 1.807) is 0 Å². The van der Waals surface area contributed by atoms with Crippen LogP contribution in [0.2, 0.25) is 0 Å². The number of aromatic amines is 1. The van der Waals surface area contributed by atoms with E-state index in [2.05, 4.69) is 4.98 Å². The van der Waals surface area contributed by atoms with Crippen LogP contribution in [0.25, 0.3) is 22.0 Å². The van der Waals surface area contributed by atoms with E-state index >= 15 is 0 Å². The monoisotopic (exact) mass is 269 g/mol. The van der Waals surface area contributed by atoms with E-state index in [1.807, 2.05) is 54.6 Å². The summed E-state index contributed by atoms with van der Waals surface area (Å²) in [5, 5.41) is 0.997. The summed E-state index contributed by atoms with van der Waals surface area (Å²) in [5.74, 6) is 0.468. The van der Waals surface area contributed by atoms with Gasteiger partial charge in [0.25, 0.3) is 5.56 Å². The molecule has 0 saturated carbocycles. The second-order valence-corrected chi connectivity index (χ2v) is 4.70. The van der Waals surface area contributed by atoms with Crippen molar-refractivity contribution in [2.24, 2.45) is 0 Å². The molecule has 0 amide bonds. The van der Waals surface area contributed by atoms with Crippen LogP contribution in [0, 0.1) is 0 Å². The van der Waals surface area contributed by atoms with Gasteiger partial charge in [-0.15, -0.1) is 11.6 Å². The lowest BCUT2D eigenvalue weighted by molar-refractivity contribution is 1.30. The van der Waals surface area contributed by atoms with Crippen molar-refractivity contribution in [2.75, 3.05) is 0 Å². The highest BCUT2D eigenvalue weighted by Crippen LogP contribution is 2.20. The lowest BCUT2D eigenvalue weighted by Crippen LogP contribution is -2.08. The summed E-state index contributed by atoms with van der Waals surface area (Å²) in [5.41, 5.74) is 3.40. The minimum Gasteiger partial charge on any atom is -0.321 e. The van der Waals surface area contributed by atoms with Gasteiger partial charge in [0.05, 0.1) is 0 Å². The lowest BCUT2D eigenvalue weighted by Gasteiger charge is -2.05. The molecule has 2 aromatic carbocycles. The quantitative estimate of drug-likeness (QED) is 0.703. The van der Waals surface area contributed by atoms with Gasteiger partial charge in [-0.3, -0.25) is 4.79 Å². The largest absolute Gasteiger partial charge is 0.321 e. The molecule has 0 spiro atoms. The Bertz CT molecular complexity index is 778. The summed E-state index contributed by atoms with van der Waals surface area (Å²) in [6, 6.07) is 17.4. The number of pyridine rings is 1. The van der Waals surface area contributed by atoms with Gasteiger partial charge >= 0.3 is 0 Å². The van der Waals surface area contributed by atoms with Crippen LogP contribution < -0.4 is 5.56 Å². The number of benzene rings is 2.